The van der Waals surface area contributed by atoms with Gasteiger partial charge in [0.2, 0.25) is 0 Å². The molecule has 0 saturated carbocycles. The number of hydrogen-bond donors (Lipinski definition) is 1. The van der Waals surface area contributed by atoms with Crippen molar-refractivity contribution in [1.29, 1.82) is 0 Å². The number of nitrogens with one attached hydrogen (secondary N) is 1. The van der Waals surface area contributed by atoms with E-state index in [9.17, 15) is 0 Å². The number of aromatic amines is 1. The first-order valence-electron chi connectivity index (χ1n) is 3.60. The van der Waals surface area contributed by atoms with E-state index in [0.29, 0.717) is 0 Å². The van der Waals surface area contributed by atoms with Gasteiger partial charge in [-0.25, -0.2) is 15.1 Å². The van der Waals surface area contributed by atoms with Crippen molar-refractivity contribution in [2.24, 2.45) is 0 Å². The fourth-order valence-corrected chi connectivity index (χ4v) is 1.35. The third-order valence-electron chi connectivity index (χ3n) is 1.93. The Labute approximate surface area is 67.2 Å². The van der Waals surface area contributed by atoms with Crippen molar-refractivity contribution in [3.63, 3.8) is 0 Å². The molecule has 1 aromatic carbocycles. The molecule has 0 aliphatic carbocycles. The number of hydrogen-bond acceptors (Lipinski definition) is 3. The number of rotatable bonds is 0. The molecule has 12 heavy (non-hydrogen) atoms. The summed E-state index contributed by atoms with van der Waals surface area (Å²) in [6, 6.07) is 3.84. The van der Waals surface area contributed by atoms with Gasteiger partial charge in [0.15, 0.2) is 0 Å². The number of fused-ring (bicyclic) bond motifs is 3. The van der Waals surface area contributed by atoms with Crippen molar-refractivity contribution >= 4 is 21.9 Å². The van der Waals surface area contributed by atoms with Crippen LogP contribution >= 0.6 is 0 Å². The molecular formula is C8H5N3O. The Hall–Kier alpha value is -1.84. The zero-order chi connectivity index (χ0) is 7.97. The van der Waals surface area contributed by atoms with Crippen molar-refractivity contribution in [1.82, 2.24) is 15.1 Å². The molecule has 4 nitrogen and oxygen atoms in total. The Kier molecular flexibility index (Phi) is 0.889. The van der Waals surface area contributed by atoms with Crippen LogP contribution in [0.5, 0.6) is 0 Å². The summed E-state index contributed by atoms with van der Waals surface area (Å²) < 4.78 is 4.95. The molecule has 0 aliphatic rings. The first-order valence-corrected chi connectivity index (χ1v) is 3.60. The van der Waals surface area contributed by atoms with Crippen LogP contribution in [0.4, 0.5) is 0 Å². The van der Waals surface area contributed by atoms with Gasteiger partial charge in [-0.15, -0.1) is 0 Å². The van der Waals surface area contributed by atoms with Crippen molar-refractivity contribution in [3.8, 4) is 0 Å². The minimum atomic E-state index is 0.887. The number of H-pyrrole nitrogens is 1. The van der Waals surface area contributed by atoms with E-state index >= 15 is 0 Å². The van der Waals surface area contributed by atoms with Crippen molar-refractivity contribution in [3.05, 3.63) is 24.7 Å². The highest BCUT2D eigenvalue weighted by molar-refractivity contribution is 6.01. The minimum absolute atomic E-state index is 0.887. The van der Waals surface area contributed by atoms with Crippen LogP contribution in [0.3, 0.4) is 0 Å². The van der Waals surface area contributed by atoms with Crippen LogP contribution in [0.15, 0.2) is 29.2 Å². The summed E-state index contributed by atoms with van der Waals surface area (Å²) in [4.78, 5) is 8.21. The molecule has 0 aliphatic heterocycles. The first kappa shape index (κ1) is 5.77. The number of aromatic nitrogens is 3. The van der Waals surface area contributed by atoms with Gasteiger partial charge < -0.3 is 4.52 Å². The quantitative estimate of drug-likeness (QED) is 0.543. The Morgan fingerprint density at radius 2 is 2.25 bits per heavy atom. The third kappa shape index (κ3) is 0.567. The third-order valence-corrected chi connectivity index (χ3v) is 1.93. The largest absolute Gasteiger partial charge is 0.389 e. The van der Waals surface area contributed by atoms with Crippen molar-refractivity contribution in [2.75, 3.05) is 0 Å². The second-order valence-electron chi connectivity index (χ2n) is 2.61. The molecule has 2 aromatic heterocycles. The summed E-state index contributed by atoms with van der Waals surface area (Å²) in [6.07, 6.45) is 3.20. The lowest BCUT2D eigenvalue weighted by Crippen LogP contribution is -1.70. The van der Waals surface area contributed by atoms with E-state index in [4.69, 9.17) is 4.52 Å². The van der Waals surface area contributed by atoms with Crippen LogP contribution in [0, 0.1) is 0 Å². The van der Waals surface area contributed by atoms with E-state index in [1.807, 2.05) is 12.1 Å². The molecule has 3 aromatic rings. The van der Waals surface area contributed by atoms with Crippen molar-refractivity contribution < 1.29 is 4.52 Å². The molecule has 1 N–H and O–H groups in total. The highest BCUT2D eigenvalue weighted by atomic mass is 16.5. The van der Waals surface area contributed by atoms with Crippen LogP contribution in [0.25, 0.3) is 21.9 Å². The maximum Gasteiger partial charge on any atom is 0.130 e. The molecule has 0 bridgehead atoms. The molecule has 0 unspecified atom stereocenters. The van der Waals surface area contributed by atoms with Gasteiger partial charge in [0.25, 0.3) is 0 Å². The number of nitrogens with zero attached hydrogens (tertiary/aromatic N) is 2. The normalized spacial score (nSPS) is 11.3. The van der Waals surface area contributed by atoms with Gasteiger partial charge in [0.05, 0.1) is 16.4 Å². The SMILES string of the molecule is c1nc2ccc3[nH]occ3c2n1. The van der Waals surface area contributed by atoms with Gasteiger partial charge in [-0.05, 0) is 12.1 Å². The fraction of sp³-hybridized carbons (Fsp3) is 0. The zero-order valence-corrected chi connectivity index (χ0v) is 6.11. The van der Waals surface area contributed by atoms with Crippen LogP contribution in [-0.4, -0.2) is 15.1 Å². The smallest absolute Gasteiger partial charge is 0.130 e. The Morgan fingerprint density at radius 1 is 1.25 bits per heavy atom. The fourth-order valence-electron chi connectivity index (χ4n) is 1.35. The number of imidazole rings is 1. The zero-order valence-electron chi connectivity index (χ0n) is 6.11. The monoisotopic (exact) mass is 159 g/mol. The molecule has 4 heteroatoms. The highest BCUT2D eigenvalue weighted by Gasteiger charge is 2.03. The summed E-state index contributed by atoms with van der Waals surface area (Å²) in [6.45, 7) is 0. The number of benzene rings is 1. The summed E-state index contributed by atoms with van der Waals surface area (Å²) in [5, 5.41) is 3.74. The second kappa shape index (κ2) is 1.85. The summed E-state index contributed by atoms with van der Waals surface area (Å²) in [7, 11) is 0. The molecule has 0 saturated heterocycles. The van der Waals surface area contributed by atoms with E-state index in [2.05, 4.69) is 15.1 Å². The Balaban J connectivity index is 2.71. The molecule has 2 heterocycles. The highest BCUT2D eigenvalue weighted by Crippen LogP contribution is 2.20. The predicted molar refractivity (Wildman–Crippen MR) is 43.7 cm³/mol. The van der Waals surface area contributed by atoms with Crippen LogP contribution in [-0.2, 0) is 0 Å². The molecular weight excluding hydrogens is 154 g/mol. The maximum absolute atomic E-state index is 4.95. The van der Waals surface area contributed by atoms with E-state index in [1.54, 1.807) is 12.6 Å². The van der Waals surface area contributed by atoms with E-state index in [0.717, 1.165) is 21.9 Å². The molecule has 0 fully saturated rings. The topological polar surface area (TPSA) is 54.7 Å². The van der Waals surface area contributed by atoms with E-state index in [-0.39, 0.29) is 0 Å². The lowest BCUT2D eigenvalue weighted by atomic mass is 10.2. The first-order chi connectivity index (χ1) is 5.95. The van der Waals surface area contributed by atoms with Gasteiger partial charge in [-0.1, -0.05) is 0 Å². The van der Waals surface area contributed by atoms with Crippen LogP contribution in [0.1, 0.15) is 0 Å². The van der Waals surface area contributed by atoms with Gasteiger partial charge in [0.1, 0.15) is 18.1 Å². The summed E-state index contributed by atoms with van der Waals surface area (Å²) in [5.41, 5.74) is 2.73. The summed E-state index contributed by atoms with van der Waals surface area (Å²) >= 11 is 0. The Bertz CT molecular complexity index is 487. The average Bonchev–Trinajstić information content (AvgIpc) is 2.71. The van der Waals surface area contributed by atoms with Crippen LogP contribution < -0.4 is 0 Å². The van der Waals surface area contributed by atoms with Gasteiger partial charge in [0, 0.05) is 0 Å². The molecule has 3 rings (SSSR count). The predicted octanol–water partition coefficient (Wildman–Crippen LogP) is 1.70. The van der Waals surface area contributed by atoms with E-state index < -0.39 is 0 Å². The van der Waals surface area contributed by atoms with Gasteiger partial charge >= 0.3 is 0 Å². The molecule has 0 atom stereocenters. The standard InChI is InChI=1S/C8H5N3O/c1-2-7-8(10-4-9-7)5-3-12-11-6(1)5/h1-4,11H. The molecule has 0 spiro atoms. The Morgan fingerprint density at radius 3 is 3.25 bits per heavy atom. The van der Waals surface area contributed by atoms with E-state index in [1.165, 1.54) is 0 Å². The maximum atomic E-state index is 4.95. The van der Waals surface area contributed by atoms with Crippen LogP contribution in [0.2, 0.25) is 0 Å². The lowest BCUT2D eigenvalue weighted by Gasteiger charge is -1.86. The molecule has 0 radical (unpaired) electrons. The van der Waals surface area contributed by atoms with Gasteiger partial charge in [-0.3, -0.25) is 0 Å². The summed E-state index contributed by atoms with van der Waals surface area (Å²) in [5.74, 6) is 0. The average molecular weight is 159 g/mol. The van der Waals surface area contributed by atoms with Gasteiger partial charge in [-0.2, -0.15) is 0 Å². The molecule has 58 valence electrons. The molecule has 0 amide bonds. The second-order valence-corrected chi connectivity index (χ2v) is 2.61. The minimum Gasteiger partial charge on any atom is -0.389 e. The lowest BCUT2D eigenvalue weighted by molar-refractivity contribution is 0.428. The van der Waals surface area contributed by atoms with Crippen molar-refractivity contribution in [2.45, 2.75) is 0 Å².